The van der Waals surface area contributed by atoms with Crippen LogP contribution in [0, 0.1) is 5.41 Å². The number of phenolic OH excluding ortho intramolecular Hbond substituents is 2. The highest BCUT2D eigenvalue weighted by Gasteiger charge is 2.39. The minimum atomic E-state index is -0.705. The Kier molecular flexibility index (Phi) is 4.18. The second-order valence-corrected chi connectivity index (χ2v) is 7.08. The molecular weight excluding hydrogens is 334 g/mol. The average molecular weight is 347 g/mol. The number of nitrogens with zero attached hydrogens (tertiary/aromatic N) is 2. The summed E-state index contributed by atoms with van der Waals surface area (Å²) in [4.78, 5) is 12.9. The number of aromatic hydroxyl groups is 2. The molecule has 2 aromatic rings. The van der Waals surface area contributed by atoms with Crippen molar-refractivity contribution in [3.63, 3.8) is 0 Å². The molecule has 23 heavy (non-hydrogen) atoms. The lowest BCUT2D eigenvalue weighted by Crippen LogP contribution is -2.11. The summed E-state index contributed by atoms with van der Waals surface area (Å²) < 4.78 is 0. The van der Waals surface area contributed by atoms with Gasteiger partial charge >= 0.3 is 0 Å². The number of allylic oxidation sites excluding steroid dienone is 1. The van der Waals surface area contributed by atoms with Crippen LogP contribution in [0.1, 0.15) is 28.4 Å². The molecule has 8 heteroatoms. The largest absolute Gasteiger partial charge is 0.508 e. The van der Waals surface area contributed by atoms with Gasteiger partial charge in [0.15, 0.2) is 5.78 Å². The van der Waals surface area contributed by atoms with Gasteiger partial charge in [0.2, 0.25) is 0 Å². The zero-order chi connectivity index (χ0) is 16.6. The van der Waals surface area contributed by atoms with E-state index in [4.69, 9.17) is 5.41 Å². The maximum atomic E-state index is 12.6. The summed E-state index contributed by atoms with van der Waals surface area (Å²) in [5, 5.41) is 36.8. The van der Waals surface area contributed by atoms with Gasteiger partial charge in [0.25, 0.3) is 0 Å². The van der Waals surface area contributed by atoms with Crippen LogP contribution >= 0.6 is 23.1 Å². The quantitative estimate of drug-likeness (QED) is 0.737. The third-order valence-electron chi connectivity index (χ3n) is 3.32. The Morgan fingerprint density at radius 2 is 2.13 bits per heavy atom. The van der Waals surface area contributed by atoms with Crippen molar-refractivity contribution < 1.29 is 15.0 Å². The zero-order valence-electron chi connectivity index (χ0n) is 12.1. The van der Waals surface area contributed by atoms with Gasteiger partial charge in [-0.2, -0.15) is 0 Å². The molecule has 0 bridgehead atoms. The van der Waals surface area contributed by atoms with E-state index in [0.29, 0.717) is 15.5 Å². The van der Waals surface area contributed by atoms with Crippen molar-refractivity contribution >= 4 is 40.0 Å². The van der Waals surface area contributed by atoms with Crippen molar-refractivity contribution in [2.75, 3.05) is 0 Å². The average Bonchev–Trinajstić information content (AvgIpc) is 3.07. The Morgan fingerprint density at radius 3 is 2.78 bits per heavy atom. The van der Waals surface area contributed by atoms with Gasteiger partial charge in [0.05, 0.1) is 9.95 Å². The number of carbonyl (C=O) groups excluding carboxylic acids is 1. The van der Waals surface area contributed by atoms with Crippen LogP contribution < -0.4 is 0 Å². The first kappa shape index (κ1) is 15.7. The minimum Gasteiger partial charge on any atom is -0.508 e. The second kappa shape index (κ2) is 6.13. The van der Waals surface area contributed by atoms with Gasteiger partial charge in [0.1, 0.15) is 27.4 Å². The molecule has 0 unspecified atom stereocenters. The van der Waals surface area contributed by atoms with Gasteiger partial charge in [-0.15, -0.1) is 21.5 Å². The number of aryl methyl sites for hydroxylation is 1. The summed E-state index contributed by atoms with van der Waals surface area (Å²) in [6.45, 7) is 1.96. The fourth-order valence-electron chi connectivity index (χ4n) is 2.14. The van der Waals surface area contributed by atoms with Crippen LogP contribution in [0.2, 0.25) is 0 Å². The first-order valence-corrected chi connectivity index (χ1v) is 8.49. The number of Topliss-reactive ketones (excluding diaryl/α,β-unsaturated/α-hetero) is 1. The Hall–Kier alpha value is -2.19. The van der Waals surface area contributed by atoms with Crippen LogP contribution in [0.5, 0.6) is 11.5 Å². The maximum absolute atomic E-state index is 12.6. The number of benzene rings is 1. The van der Waals surface area contributed by atoms with Crippen molar-refractivity contribution in [2.24, 2.45) is 0 Å². The first-order chi connectivity index (χ1) is 11.0. The van der Waals surface area contributed by atoms with E-state index in [2.05, 4.69) is 10.2 Å². The fourth-order valence-corrected chi connectivity index (χ4v) is 4.08. The third kappa shape index (κ3) is 2.99. The van der Waals surface area contributed by atoms with Crippen molar-refractivity contribution in [2.45, 2.75) is 19.3 Å². The highest BCUT2D eigenvalue weighted by atomic mass is 32.2. The zero-order valence-corrected chi connectivity index (χ0v) is 13.7. The van der Waals surface area contributed by atoms with Crippen LogP contribution in [-0.2, 0) is 11.2 Å². The van der Waals surface area contributed by atoms with Crippen molar-refractivity contribution in [3.05, 3.63) is 38.7 Å². The van der Waals surface area contributed by atoms with Crippen molar-refractivity contribution in [3.8, 4) is 11.5 Å². The van der Waals surface area contributed by atoms with E-state index in [1.807, 2.05) is 6.92 Å². The maximum Gasteiger partial charge on any atom is 0.186 e. The first-order valence-electron chi connectivity index (χ1n) is 6.86. The molecule has 3 N–H and O–H groups in total. The number of rotatable bonds is 3. The van der Waals surface area contributed by atoms with Crippen LogP contribution in [0.3, 0.4) is 0 Å². The number of hydrogen-bond acceptors (Lipinski definition) is 8. The SMILES string of the molecule is CCc1nnc([C@@H]2C(=N)S/C(=C\c3ccc(O)cc3O)C2=O)s1. The predicted octanol–water partition coefficient (Wildman–Crippen LogP) is 2.93. The number of hydrogen-bond donors (Lipinski definition) is 3. The molecule has 0 amide bonds. The van der Waals surface area contributed by atoms with E-state index in [1.54, 1.807) is 0 Å². The fraction of sp³-hybridized carbons (Fsp3) is 0.200. The van der Waals surface area contributed by atoms with Crippen molar-refractivity contribution in [1.82, 2.24) is 10.2 Å². The predicted molar refractivity (Wildman–Crippen MR) is 90.1 cm³/mol. The van der Waals surface area contributed by atoms with Gasteiger partial charge in [-0.1, -0.05) is 18.7 Å². The molecule has 1 aromatic carbocycles. The van der Waals surface area contributed by atoms with Gasteiger partial charge in [-0.3, -0.25) is 10.2 Å². The second-order valence-electron chi connectivity index (χ2n) is 4.90. The normalized spacial score (nSPS) is 19.7. The smallest absolute Gasteiger partial charge is 0.186 e. The molecule has 0 aliphatic carbocycles. The minimum absolute atomic E-state index is 0.0540. The lowest BCUT2D eigenvalue weighted by Gasteiger charge is -2.02. The van der Waals surface area contributed by atoms with E-state index >= 15 is 0 Å². The highest BCUT2D eigenvalue weighted by Crippen LogP contribution is 2.42. The lowest BCUT2D eigenvalue weighted by atomic mass is 10.0. The molecule has 118 valence electrons. The monoisotopic (exact) mass is 347 g/mol. The molecular formula is C15H13N3O3S2. The molecule has 0 spiro atoms. The van der Waals surface area contributed by atoms with E-state index in [1.165, 1.54) is 35.6 Å². The molecule has 1 aliphatic rings. The van der Waals surface area contributed by atoms with Crippen LogP contribution in [0.15, 0.2) is 23.1 Å². The Balaban J connectivity index is 1.93. The number of thioether (sulfide) groups is 1. The molecule has 3 rings (SSSR count). The summed E-state index contributed by atoms with van der Waals surface area (Å²) in [5.41, 5.74) is 0.415. The number of ketones is 1. The van der Waals surface area contributed by atoms with Gasteiger partial charge in [-0.25, -0.2) is 0 Å². The number of carbonyl (C=O) groups is 1. The third-order valence-corrected chi connectivity index (χ3v) is 5.45. The molecule has 0 saturated carbocycles. The van der Waals surface area contributed by atoms with E-state index in [0.717, 1.165) is 23.2 Å². The molecule has 6 nitrogen and oxygen atoms in total. The van der Waals surface area contributed by atoms with Crippen molar-refractivity contribution in [1.29, 1.82) is 5.41 Å². The van der Waals surface area contributed by atoms with Gasteiger partial charge in [0, 0.05) is 11.6 Å². The molecule has 0 radical (unpaired) electrons. The Morgan fingerprint density at radius 1 is 1.35 bits per heavy atom. The molecule has 1 fully saturated rings. The molecule has 1 aromatic heterocycles. The van der Waals surface area contributed by atoms with E-state index < -0.39 is 5.92 Å². The van der Waals surface area contributed by atoms with Crippen LogP contribution in [0.4, 0.5) is 0 Å². The molecule has 2 heterocycles. The molecule has 1 atom stereocenters. The van der Waals surface area contributed by atoms with Crippen LogP contribution in [-0.4, -0.2) is 31.2 Å². The van der Waals surface area contributed by atoms with Gasteiger partial charge in [-0.05, 0) is 24.6 Å². The summed E-state index contributed by atoms with van der Waals surface area (Å²) in [6, 6.07) is 4.15. The summed E-state index contributed by atoms with van der Waals surface area (Å²) >= 11 is 2.41. The highest BCUT2D eigenvalue weighted by molar-refractivity contribution is 8.19. The lowest BCUT2D eigenvalue weighted by molar-refractivity contribution is -0.114. The topological polar surface area (TPSA) is 107 Å². The number of aromatic nitrogens is 2. The summed E-state index contributed by atoms with van der Waals surface area (Å²) in [7, 11) is 0. The number of phenols is 2. The number of nitrogens with one attached hydrogen (secondary N) is 1. The standard InChI is InChI=1S/C15H13N3O3S2/c1-2-11-17-18-15(23-11)12-13(21)10(22-14(12)16)5-7-3-4-8(19)6-9(7)20/h3-6,12,16,19-20H,2H2,1H3/b10-5-,16-14?/t12-/m0/s1. The van der Waals surface area contributed by atoms with E-state index in [9.17, 15) is 15.0 Å². The molecule has 1 saturated heterocycles. The van der Waals surface area contributed by atoms with Crippen LogP contribution in [0.25, 0.3) is 6.08 Å². The van der Waals surface area contributed by atoms with E-state index in [-0.39, 0.29) is 22.3 Å². The summed E-state index contributed by atoms with van der Waals surface area (Å²) in [6.07, 6.45) is 2.27. The molecule has 1 aliphatic heterocycles. The Labute approximate surface area is 140 Å². The summed E-state index contributed by atoms with van der Waals surface area (Å²) in [5.74, 6) is -1.10. The Bertz CT molecular complexity index is 829. The van der Waals surface area contributed by atoms with Gasteiger partial charge < -0.3 is 10.2 Å².